The molecule has 3 aliphatic carbocycles. The van der Waals surface area contributed by atoms with Gasteiger partial charge in [-0.25, -0.2) is 0 Å². The number of aliphatic hydroxyl groups is 1. The van der Waals surface area contributed by atoms with E-state index in [-0.39, 0.29) is 106 Å². The molecule has 0 spiro atoms. The van der Waals surface area contributed by atoms with Crippen molar-refractivity contribution in [2.24, 2.45) is 5.92 Å². The van der Waals surface area contributed by atoms with Crippen LogP contribution >= 0.6 is 12.2 Å². The van der Waals surface area contributed by atoms with Crippen molar-refractivity contribution in [1.82, 2.24) is 41.8 Å². The highest BCUT2D eigenvalue weighted by atomic mass is 32.1. The first-order chi connectivity index (χ1) is 40.1. The molecule has 25 heteroatoms. The Bertz CT molecular complexity index is 3040. The molecule has 8 rings (SSSR count). The van der Waals surface area contributed by atoms with Crippen molar-refractivity contribution in [3.63, 3.8) is 0 Å². The second-order valence-corrected chi connectivity index (χ2v) is 22.3. The van der Waals surface area contributed by atoms with Crippen molar-refractivity contribution < 1.29 is 72.6 Å². The molecule has 2 saturated heterocycles. The van der Waals surface area contributed by atoms with Gasteiger partial charge in [-0.05, 0) is 70.9 Å². The fourth-order valence-electron chi connectivity index (χ4n) is 11.4. The number of amides is 6. The van der Waals surface area contributed by atoms with Crippen LogP contribution in [0.5, 0.6) is 17.2 Å². The standard InChI is InChI=1S/C43H46N8O11S.C11H21NO4.C5H12/c1-4-43(50-31(55)18-48-30(54)17-47-29(53)16-46-28(52)10-11-45-39(60)23-12-22(14-44)41(63)49-15-23)19-42(2,20-43)51-40(61)21-8-9-24-26(13-21)37(58)33-34(35(24)56)38(59)32-25(36(33)57)6-5-7-27(32)62-3;1-8-11(13)9(3-5-15-8)12-4-6-16-10(7-12)14-2;1-3-5-4-2/h5-7,12,15,21,56,58H,4,8-11,13,16-20H2,1-3H3,(H,45,60)(H,46,52)(H,47,53)(H,48,54)(H,49,63)(H,50,55)(H,51,61);8-11,13H,3-7H2,1-2H3;3-5H2,1-2H3. The lowest BCUT2D eigenvalue weighted by Crippen LogP contribution is -2.70. The highest BCUT2D eigenvalue weighted by Gasteiger charge is 2.53. The van der Waals surface area contributed by atoms with Gasteiger partial charge in [0.15, 0.2) is 12.1 Å². The van der Waals surface area contributed by atoms with Crippen LogP contribution in [0.15, 0.2) is 30.5 Å². The zero-order valence-electron chi connectivity index (χ0n) is 48.8. The van der Waals surface area contributed by atoms with Gasteiger partial charge in [0.25, 0.3) is 5.91 Å². The minimum atomic E-state index is -0.705. The Hall–Kier alpha value is -7.34. The number of morpholine rings is 1. The zero-order chi connectivity index (χ0) is 61.5. The molecule has 10 N–H and O–H groups in total. The summed E-state index contributed by atoms with van der Waals surface area (Å²) in [7, 11) is 3.01. The van der Waals surface area contributed by atoms with Crippen molar-refractivity contribution in [3.05, 3.63) is 79.6 Å². The number of methoxy groups -OCH3 is 2. The van der Waals surface area contributed by atoms with E-state index in [0.29, 0.717) is 37.9 Å². The van der Waals surface area contributed by atoms with Gasteiger partial charge >= 0.3 is 0 Å². The molecule has 0 bridgehead atoms. The lowest BCUT2D eigenvalue weighted by Gasteiger charge is -2.55. The summed E-state index contributed by atoms with van der Waals surface area (Å²) in [6.45, 7) is 11.7. The van der Waals surface area contributed by atoms with Gasteiger partial charge in [0.2, 0.25) is 35.3 Å². The van der Waals surface area contributed by atoms with Gasteiger partial charge < -0.3 is 71.2 Å². The maximum absolute atomic E-state index is 13.7. The van der Waals surface area contributed by atoms with Crippen molar-refractivity contribution in [2.45, 2.75) is 141 Å². The molecule has 3 aromatic rings. The van der Waals surface area contributed by atoms with Crippen LogP contribution in [0.4, 0.5) is 0 Å². The van der Waals surface area contributed by atoms with E-state index in [4.69, 9.17) is 36.4 Å². The molecular formula is C59H79N9O15S. The summed E-state index contributed by atoms with van der Waals surface area (Å²) in [5, 5.41) is 57.6. The Morgan fingerprint density at radius 2 is 1.51 bits per heavy atom. The van der Waals surface area contributed by atoms with Gasteiger partial charge in [0.05, 0.1) is 73.4 Å². The molecule has 0 radical (unpaired) electrons. The third kappa shape index (κ3) is 16.1. The van der Waals surface area contributed by atoms with Crippen LogP contribution in [0.25, 0.3) is 0 Å². The number of nitrogens with one attached hydrogen (secondary N) is 7. The number of aromatic amines is 1. The number of nitriles is 1. The van der Waals surface area contributed by atoms with Gasteiger partial charge in [-0.3, -0.25) is 43.3 Å². The quantitative estimate of drug-likeness (QED) is 0.0476. The van der Waals surface area contributed by atoms with E-state index in [9.17, 15) is 53.7 Å². The number of carbonyl (C=O) groups is 8. The Morgan fingerprint density at radius 3 is 2.14 bits per heavy atom. The van der Waals surface area contributed by atoms with Crippen LogP contribution in [0, 0.1) is 21.9 Å². The molecule has 2 aromatic carbocycles. The number of unbranched alkanes of at least 4 members (excludes halogenated alkanes) is 2. The van der Waals surface area contributed by atoms with Crippen molar-refractivity contribution in [3.8, 4) is 23.3 Å². The minimum absolute atomic E-state index is 0.00814. The van der Waals surface area contributed by atoms with E-state index in [1.165, 1.54) is 50.8 Å². The summed E-state index contributed by atoms with van der Waals surface area (Å²) in [5.74, 6) is -5.76. The number of aromatic nitrogens is 1. The highest BCUT2D eigenvalue weighted by Crippen LogP contribution is 2.48. The monoisotopic (exact) mass is 1190 g/mol. The molecule has 24 nitrogen and oxygen atoms in total. The first-order valence-corrected chi connectivity index (χ1v) is 28.9. The topological polar surface area (TPSA) is 349 Å². The average molecular weight is 1190 g/mol. The second-order valence-electron chi connectivity index (χ2n) is 21.9. The molecule has 3 heterocycles. The lowest BCUT2D eigenvalue weighted by molar-refractivity contribution is -0.190. The van der Waals surface area contributed by atoms with Gasteiger partial charge in [-0.1, -0.05) is 64.4 Å². The Balaban J connectivity index is 0.000000450. The molecule has 84 heavy (non-hydrogen) atoms. The molecule has 5 atom stereocenters. The number of phenolic OH excluding ortho intramolecular Hbond substituents is 2. The van der Waals surface area contributed by atoms with E-state index in [1.54, 1.807) is 13.2 Å². The smallest absolute Gasteiger partial charge is 0.252 e. The van der Waals surface area contributed by atoms with Gasteiger partial charge in [0, 0.05) is 85.7 Å². The van der Waals surface area contributed by atoms with E-state index < -0.39 is 88.8 Å². The Kier molecular flexibility index (Phi) is 23.5. The molecule has 5 aliphatic rings. The Labute approximate surface area is 493 Å². The number of H-pyrrole nitrogens is 1. The number of pyridine rings is 1. The number of benzene rings is 2. The number of nitrogens with zero attached hydrogens (tertiary/aromatic N) is 2. The van der Waals surface area contributed by atoms with E-state index in [2.05, 4.69) is 55.6 Å². The summed E-state index contributed by atoms with van der Waals surface area (Å²) in [5.41, 5.74) is -1.11. The fraction of sp³-hybridized carbons (Fsp3) is 0.559. The van der Waals surface area contributed by atoms with Crippen molar-refractivity contribution >= 4 is 59.2 Å². The van der Waals surface area contributed by atoms with Crippen LogP contribution in [-0.4, -0.2) is 175 Å². The number of phenols is 2. The van der Waals surface area contributed by atoms with Gasteiger partial charge in [-0.15, -0.1) is 0 Å². The fourth-order valence-corrected chi connectivity index (χ4v) is 11.5. The molecule has 6 amide bonds. The number of fused-ring (bicyclic) bond motifs is 3. The number of aromatic hydroxyl groups is 2. The first-order valence-electron chi connectivity index (χ1n) is 28.5. The molecule has 2 aliphatic heterocycles. The normalized spacial score (nSPS) is 23.1. The third-order valence-electron chi connectivity index (χ3n) is 15.8. The lowest BCUT2D eigenvalue weighted by atomic mass is 9.62. The third-order valence-corrected chi connectivity index (χ3v) is 16.1. The maximum Gasteiger partial charge on any atom is 0.252 e. The molecule has 3 fully saturated rings. The van der Waals surface area contributed by atoms with E-state index >= 15 is 0 Å². The van der Waals surface area contributed by atoms with Crippen LogP contribution in [-0.2, 0) is 51.0 Å². The number of hydrogen-bond acceptors (Lipinski definition) is 18. The summed E-state index contributed by atoms with van der Waals surface area (Å²) in [6, 6.07) is 7.90. The van der Waals surface area contributed by atoms with Gasteiger partial charge in [-0.2, -0.15) is 5.26 Å². The molecule has 5 unspecified atom stereocenters. The average Bonchev–Trinajstić information content (AvgIpc) is 1.15. The molecular weight excluding hydrogens is 1110 g/mol. The second kappa shape index (κ2) is 30.0. The minimum Gasteiger partial charge on any atom is -0.507 e. The predicted molar refractivity (Wildman–Crippen MR) is 308 cm³/mol. The highest BCUT2D eigenvalue weighted by molar-refractivity contribution is 7.71. The van der Waals surface area contributed by atoms with Crippen LogP contribution in [0.3, 0.4) is 0 Å². The summed E-state index contributed by atoms with van der Waals surface area (Å²) in [4.78, 5) is 108. The Morgan fingerprint density at radius 1 is 0.857 bits per heavy atom. The maximum atomic E-state index is 13.7. The molecule has 1 saturated carbocycles. The number of aliphatic hydroxyl groups excluding tert-OH is 1. The number of carbonyl (C=O) groups excluding carboxylic acids is 8. The van der Waals surface area contributed by atoms with Crippen molar-refractivity contribution in [1.29, 1.82) is 5.26 Å². The van der Waals surface area contributed by atoms with Crippen molar-refractivity contribution in [2.75, 3.05) is 66.7 Å². The summed E-state index contributed by atoms with van der Waals surface area (Å²) < 4.78 is 21.5. The number of ketones is 2. The van der Waals surface area contributed by atoms with Crippen LogP contribution < -0.4 is 36.6 Å². The SMILES string of the molecule is CCC1(NC(=O)CNC(=O)CNC(=O)CNC(=O)CCNC(=O)c2c[nH]c(=S)c(C#N)c2)CC(C)(NC(=O)C2CCc3c(O)c4c(c(O)c3C2)C(=O)c2cccc(OC)c2C4=O)C1.CCCCC.COC1CN(C2CCOC(C)C2O)CCO1. The predicted octanol–water partition coefficient (Wildman–Crippen LogP) is 3.04. The van der Waals surface area contributed by atoms with E-state index in [1.807, 2.05) is 26.8 Å². The summed E-state index contributed by atoms with van der Waals surface area (Å²) in [6.07, 6.45) is 7.24. The number of rotatable bonds is 19. The zero-order valence-corrected chi connectivity index (χ0v) is 49.6. The van der Waals surface area contributed by atoms with Crippen LogP contribution in [0.2, 0.25) is 0 Å². The molecule has 1 aromatic heterocycles. The number of ether oxygens (including phenoxy) is 4. The summed E-state index contributed by atoms with van der Waals surface area (Å²) >= 11 is 4.95. The molecule has 456 valence electrons. The number of hydrogen-bond donors (Lipinski definition) is 10. The van der Waals surface area contributed by atoms with Gasteiger partial charge in [0.1, 0.15) is 28.0 Å². The first kappa shape index (κ1) is 65.8. The van der Waals surface area contributed by atoms with E-state index in [0.717, 1.165) is 26.1 Å². The van der Waals surface area contributed by atoms with Crippen LogP contribution in [0.1, 0.15) is 151 Å². The largest absolute Gasteiger partial charge is 0.507 e.